The number of carbonyl (C=O) groups is 2. The van der Waals surface area contributed by atoms with E-state index in [-0.39, 0.29) is 23.4 Å². The predicted octanol–water partition coefficient (Wildman–Crippen LogP) is 3.53. The lowest BCUT2D eigenvalue weighted by Crippen LogP contribution is -2.41. The minimum absolute atomic E-state index is 0.0281. The van der Waals surface area contributed by atoms with Crippen molar-refractivity contribution in [2.75, 3.05) is 18.4 Å². The zero-order chi connectivity index (χ0) is 20.3. The second kappa shape index (κ2) is 8.16. The highest BCUT2D eigenvalue weighted by Gasteiger charge is 2.28. The number of likely N-dealkylation sites (tertiary alicyclic amines) is 1. The average Bonchev–Trinajstić information content (AvgIpc) is 2.69. The lowest BCUT2D eigenvalue weighted by molar-refractivity contribution is -0.384. The highest BCUT2D eigenvalue weighted by atomic mass is 19.1. The summed E-state index contributed by atoms with van der Waals surface area (Å²) in [6, 6.07) is 9.84. The Balaban J connectivity index is 1.58. The number of carbonyl (C=O) groups excluding carboxylic acids is 2. The van der Waals surface area contributed by atoms with Gasteiger partial charge in [0.25, 0.3) is 11.6 Å². The Morgan fingerprint density at radius 3 is 2.50 bits per heavy atom. The second-order valence-corrected chi connectivity index (χ2v) is 6.82. The number of nitro benzene ring substituents is 1. The Hall–Kier alpha value is -3.29. The first-order valence-electron chi connectivity index (χ1n) is 8.96. The highest BCUT2D eigenvalue weighted by Crippen LogP contribution is 2.24. The molecule has 8 heteroatoms. The summed E-state index contributed by atoms with van der Waals surface area (Å²) in [5.74, 6) is -1.14. The molecule has 0 bridgehead atoms. The number of nitro groups is 1. The molecule has 0 atom stereocenters. The van der Waals surface area contributed by atoms with Crippen LogP contribution in [0.1, 0.15) is 28.8 Å². The number of piperidine rings is 1. The van der Waals surface area contributed by atoms with Gasteiger partial charge in [-0.25, -0.2) is 4.39 Å². The number of amides is 2. The van der Waals surface area contributed by atoms with Crippen LogP contribution in [0.2, 0.25) is 0 Å². The molecule has 0 aliphatic carbocycles. The van der Waals surface area contributed by atoms with Crippen LogP contribution in [0.3, 0.4) is 0 Å². The van der Waals surface area contributed by atoms with Crippen molar-refractivity contribution in [3.63, 3.8) is 0 Å². The van der Waals surface area contributed by atoms with Gasteiger partial charge in [-0.1, -0.05) is 6.07 Å². The monoisotopic (exact) mass is 385 g/mol. The molecule has 146 valence electrons. The third-order valence-corrected chi connectivity index (χ3v) is 4.90. The Bertz CT molecular complexity index is 923. The number of non-ortho nitro benzene ring substituents is 1. The zero-order valence-corrected chi connectivity index (χ0v) is 15.4. The maximum absolute atomic E-state index is 13.3. The van der Waals surface area contributed by atoms with Gasteiger partial charge in [0.2, 0.25) is 5.91 Å². The van der Waals surface area contributed by atoms with Crippen molar-refractivity contribution in [2.45, 2.75) is 19.8 Å². The molecule has 1 heterocycles. The molecule has 2 amide bonds. The van der Waals surface area contributed by atoms with E-state index in [4.69, 9.17) is 0 Å². The first kappa shape index (κ1) is 19.5. The fourth-order valence-corrected chi connectivity index (χ4v) is 3.29. The van der Waals surface area contributed by atoms with Gasteiger partial charge in [0.15, 0.2) is 0 Å². The molecule has 0 saturated carbocycles. The van der Waals surface area contributed by atoms with Crippen molar-refractivity contribution in [2.24, 2.45) is 5.92 Å². The van der Waals surface area contributed by atoms with Gasteiger partial charge in [0.1, 0.15) is 5.82 Å². The molecule has 28 heavy (non-hydrogen) atoms. The zero-order valence-electron chi connectivity index (χ0n) is 15.4. The normalized spacial score (nSPS) is 14.6. The van der Waals surface area contributed by atoms with Crippen LogP contribution in [0.4, 0.5) is 15.8 Å². The van der Waals surface area contributed by atoms with Crippen molar-refractivity contribution in [3.05, 3.63) is 69.5 Å². The molecule has 2 aromatic carbocycles. The first-order chi connectivity index (χ1) is 13.3. The lowest BCUT2D eigenvalue weighted by atomic mass is 9.95. The quantitative estimate of drug-likeness (QED) is 0.644. The van der Waals surface area contributed by atoms with E-state index in [0.717, 1.165) is 0 Å². The molecule has 3 rings (SSSR count). The fraction of sp³-hybridized carbons (Fsp3) is 0.300. The van der Waals surface area contributed by atoms with E-state index in [1.54, 1.807) is 17.9 Å². The molecule has 2 aromatic rings. The number of benzene rings is 2. The second-order valence-electron chi connectivity index (χ2n) is 6.82. The van der Waals surface area contributed by atoms with Crippen LogP contribution < -0.4 is 5.32 Å². The van der Waals surface area contributed by atoms with Gasteiger partial charge in [-0.3, -0.25) is 19.7 Å². The van der Waals surface area contributed by atoms with E-state index in [9.17, 15) is 24.1 Å². The van der Waals surface area contributed by atoms with Gasteiger partial charge in [0.05, 0.1) is 4.92 Å². The van der Waals surface area contributed by atoms with Gasteiger partial charge in [-0.15, -0.1) is 0 Å². The summed E-state index contributed by atoms with van der Waals surface area (Å²) in [5.41, 5.74) is 1.42. The van der Waals surface area contributed by atoms with E-state index in [1.165, 1.54) is 36.4 Å². The number of aryl methyl sites for hydroxylation is 1. The van der Waals surface area contributed by atoms with Crippen LogP contribution in [0.5, 0.6) is 0 Å². The first-order valence-corrected chi connectivity index (χ1v) is 8.96. The number of nitrogens with zero attached hydrogens (tertiary/aromatic N) is 2. The van der Waals surface area contributed by atoms with Crippen LogP contribution in [0.25, 0.3) is 0 Å². The number of halogens is 1. The summed E-state index contributed by atoms with van der Waals surface area (Å²) in [4.78, 5) is 36.9. The number of hydrogen-bond acceptors (Lipinski definition) is 4. The van der Waals surface area contributed by atoms with Gasteiger partial charge in [-0.05, 0) is 49.6 Å². The summed E-state index contributed by atoms with van der Waals surface area (Å²) in [7, 11) is 0. The van der Waals surface area contributed by atoms with Crippen LogP contribution in [0.15, 0.2) is 42.5 Å². The summed E-state index contributed by atoms with van der Waals surface area (Å²) in [6.07, 6.45) is 0.998. The molecule has 0 spiro atoms. The minimum atomic E-state index is -0.482. The molecule has 0 unspecified atom stereocenters. The summed E-state index contributed by atoms with van der Waals surface area (Å²) in [5, 5.41) is 13.6. The standard InChI is InChI=1S/C20H20FN3O4/c1-13-11-17(24(27)28)5-6-18(13)22-19(25)14-7-9-23(10-8-14)20(26)15-3-2-4-16(21)12-15/h2-6,11-12,14H,7-10H2,1H3,(H,22,25). The molecular formula is C20H20FN3O4. The van der Waals surface area contributed by atoms with Crippen LogP contribution >= 0.6 is 0 Å². The van der Waals surface area contributed by atoms with Gasteiger partial charge in [-0.2, -0.15) is 0 Å². The summed E-state index contributed by atoms with van der Waals surface area (Å²) < 4.78 is 13.3. The van der Waals surface area contributed by atoms with E-state index in [2.05, 4.69) is 5.32 Å². The smallest absolute Gasteiger partial charge is 0.269 e. The molecule has 0 aromatic heterocycles. The molecule has 1 aliphatic rings. The number of anilines is 1. The van der Waals surface area contributed by atoms with E-state index < -0.39 is 10.7 Å². The maximum atomic E-state index is 13.3. The Kier molecular flexibility index (Phi) is 5.67. The summed E-state index contributed by atoms with van der Waals surface area (Å²) >= 11 is 0. The molecule has 7 nitrogen and oxygen atoms in total. The Morgan fingerprint density at radius 1 is 1.18 bits per heavy atom. The third-order valence-electron chi connectivity index (χ3n) is 4.90. The summed E-state index contributed by atoms with van der Waals surface area (Å²) in [6.45, 7) is 2.52. The SMILES string of the molecule is Cc1cc([N+](=O)[O-])ccc1NC(=O)C1CCN(C(=O)c2cccc(F)c2)CC1. The molecular weight excluding hydrogens is 365 g/mol. The van der Waals surface area contributed by atoms with Crippen molar-refractivity contribution in [3.8, 4) is 0 Å². The van der Waals surface area contributed by atoms with Crippen LogP contribution in [-0.2, 0) is 4.79 Å². The number of hydrogen-bond donors (Lipinski definition) is 1. The minimum Gasteiger partial charge on any atom is -0.339 e. The topological polar surface area (TPSA) is 92.6 Å². The van der Waals surface area contributed by atoms with Crippen LogP contribution in [-0.4, -0.2) is 34.7 Å². The van der Waals surface area contributed by atoms with Crippen molar-refractivity contribution < 1.29 is 18.9 Å². The van der Waals surface area contributed by atoms with Gasteiger partial charge >= 0.3 is 0 Å². The van der Waals surface area contributed by atoms with E-state index in [1.807, 2.05) is 0 Å². The number of nitrogens with one attached hydrogen (secondary N) is 1. The van der Waals surface area contributed by atoms with E-state index in [0.29, 0.717) is 42.7 Å². The van der Waals surface area contributed by atoms with Crippen molar-refractivity contribution >= 4 is 23.2 Å². The van der Waals surface area contributed by atoms with Crippen molar-refractivity contribution in [1.29, 1.82) is 0 Å². The predicted molar refractivity (Wildman–Crippen MR) is 101 cm³/mol. The highest BCUT2D eigenvalue weighted by molar-refractivity contribution is 5.95. The molecule has 1 fully saturated rings. The fourth-order valence-electron chi connectivity index (χ4n) is 3.29. The van der Waals surface area contributed by atoms with Gasteiger partial charge in [0, 0.05) is 42.4 Å². The van der Waals surface area contributed by atoms with Crippen molar-refractivity contribution in [1.82, 2.24) is 4.90 Å². The maximum Gasteiger partial charge on any atom is 0.269 e. The van der Waals surface area contributed by atoms with Gasteiger partial charge < -0.3 is 10.2 Å². The third kappa shape index (κ3) is 4.33. The molecule has 0 radical (unpaired) electrons. The van der Waals surface area contributed by atoms with E-state index >= 15 is 0 Å². The Labute approximate surface area is 161 Å². The van der Waals surface area contributed by atoms with Crippen LogP contribution in [0, 0.1) is 28.8 Å². The number of rotatable bonds is 4. The molecule has 1 aliphatic heterocycles. The largest absolute Gasteiger partial charge is 0.339 e. The lowest BCUT2D eigenvalue weighted by Gasteiger charge is -2.31. The average molecular weight is 385 g/mol. The Morgan fingerprint density at radius 2 is 1.89 bits per heavy atom. The molecule has 1 saturated heterocycles. The molecule has 1 N–H and O–H groups in total.